The second kappa shape index (κ2) is 9.46. The van der Waals surface area contributed by atoms with Crippen LogP contribution in [0.15, 0.2) is 66.1 Å². The van der Waals surface area contributed by atoms with E-state index in [1.165, 1.54) is 0 Å². The maximum atomic E-state index is 10.2. The van der Waals surface area contributed by atoms with E-state index in [1.54, 1.807) is 49.0 Å². The highest BCUT2D eigenvalue weighted by molar-refractivity contribution is 6.11. The zero-order valence-electron chi connectivity index (χ0n) is 18.8. The Morgan fingerprint density at radius 3 is 2.67 bits per heavy atom. The number of allylic oxidation sites excluding steroid dienone is 1. The summed E-state index contributed by atoms with van der Waals surface area (Å²) in [5, 5.41) is 27.8. The number of aliphatic hydroxyl groups is 1. The summed E-state index contributed by atoms with van der Waals surface area (Å²) >= 11 is 0. The van der Waals surface area contributed by atoms with E-state index >= 15 is 0 Å². The van der Waals surface area contributed by atoms with Gasteiger partial charge in [0.1, 0.15) is 17.1 Å². The molecule has 0 spiro atoms. The first-order chi connectivity index (χ1) is 15.6. The monoisotopic (exact) mass is 442 g/mol. The topological polar surface area (TPSA) is 152 Å². The third-order valence-electron chi connectivity index (χ3n) is 4.88. The molecule has 0 aliphatic rings. The highest BCUT2D eigenvalue weighted by atomic mass is 16.3. The van der Waals surface area contributed by atoms with Crippen molar-refractivity contribution in [3.05, 3.63) is 94.8 Å². The van der Waals surface area contributed by atoms with Gasteiger partial charge in [0.25, 0.3) is 0 Å². The summed E-state index contributed by atoms with van der Waals surface area (Å²) in [7, 11) is 0. The standard InChI is InChI=1S/C24H26N8O/c1-15-17(12-25)7-5-9-19(15)20(27)11-21(28-16(2)26)22-14-32(31-30-22)13-18-8-6-10-23(29-18)24(3,4)33/h5-11,14,33H,2,13,26-27H2,1,3-4H3/b20-11-,28-21?. The van der Waals surface area contributed by atoms with Crippen molar-refractivity contribution in [3.63, 3.8) is 0 Å². The van der Waals surface area contributed by atoms with Crippen molar-refractivity contribution < 1.29 is 5.11 Å². The molecule has 0 aliphatic carbocycles. The summed E-state index contributed by atoms with van der Waals surface area (Å²) < 4.78 is 1.60. The Kier molecular flexibility index (Phi) is 6.70. The molecule has 0 amide bonds. The summed E-state index contributed by atoms with van der Waals surface area (Å²) in [6, 6.07) is 12.9. The Balaban J connectivity index is 1.93. The van der Waals surface area contributed by atoms with Gasteiger partial charge in [0.05, 0.1) is 41.5 Å². The largest absolute Gasteiger partial charge is 0.398 e. The summed E-state index contributed by atoms with van der Waals surface area (Å²) in [5.74, 6) is 0.0886. The average molecular weight is 443 g/mol. The molecule has 0 bridgehead atoms. The molecule has 1 aromatic carbocycles. The second-order valence-electron chi connectivity index (χ2n) is 8.05. The highest BCUT2D eigenvalue weighted by Crippen LogP contribution is 2.20. The number of nitrogens with two attached hydrogens (primary N) is 2. The molecule has 9 nitrogen and oxygen atoms in total. The lowest BCUT2D eigenvalue weighted by Crippen LogP contribution is -2.18. The summed E-state index contributed by atoms with van der Waals surface area (Å²) in [5.41, 5.74) is 15.5. The molecule has 2 aromatic heterocycles. The van der Waals surface area contributed by atoms with Gasteiger partial charge in [-0.2, -0.15) is 5.26 Å². The Hall–Kier alpha value is -4.29. The van der Waals surface area contributed by atoms with Crippen LogP contribution in [0.25, 0.3) is 5.70 Å². The molecule has 5 N–H and O–H groups in total. The number of pyridine rings is 1. The normalized spacial score (nSPS) is 12.5. The van der Waals surface area contributed by atoms with Gasteiger partial charge < -0.3 is 16.6 Å². The molecule has 3 aromatic rings. The predicted octanol–water partition coefficient (Wildman–Crippen LogP) is 2.35. The summed E-state index contributed by atoms with van der Waals surface area (Å²) in [4.78, 5) is 8.76. The van der Waals surface area contributed by atoms with E-state index in [0.29, 0.717) is 46.2 Å². The molecule has 0 atom stereocenters. The summed E-state index contributed by atoms with van der Waals surface area (Å²) in [6.45, 7) is 9.18. The van der Waals surface area contributed by atoms with Gasteiger partial charge in [0.15, 0.2) is 0 Å². The van der Waals surface area contributed by atoms with Crippen molar-refractivity contribution in [2.75, 3.05) is 0 Å². The smallest absolute Gasteiger partial charge is 0.131 e. The fraction of sp³-hybridized carbons (Fsp3) is 0.208. The van der Waals surface area contributed by atoms with Crippen LogP contribution in [0, 0.1) is 18.3 Å². The van der Waals surface area contributed by atoms with Crippen LogP contribution in [0.5, 0.6) is 0 Å². The van der Waals surface area contributed by atoms with Crippen LogP contribution in [-0.2, 0) is 12.1 Å². The Morgan fingerprint density at radius 2 is 2.00 bits per heavy atom. The molecule has 9 heteroatoms. The quantitative estimate of drug-likeness (QED) is 0.475. The van der Waals surface area contributed by atoms with Crippen LogP contribution in [0.1, 0.15) is 47.6 Å². The van der Waals surface area contributed by atoms with Crippen LogP contribution in [0.2, 0.25) is 0 Å². The molecule has 2 heterocycles. The van der Waals surface area contributed by atoms with Crippen LogP contribution in [0.3, 0.4) is 0 Å². The number of nitrogens with zero attached hydrogens (tertiary/aromatic N) is 6. The third-order valence-corrected chi connectivity index (χ3v) is 4.88. The van der Waals surface area contributed by atoms with Gasteiger partial charge in [-0.1, -0.05) is 30.0 Å². The van der Waals surface area contributed by atoms with Gasteiger partial charge in [-0.05, 0) is 50.6 Å². The minimum Gasteiger partial charge on any atom is -0.398 e. The fourth-order valence-corrected chi connectivity index (χ4v) is 3.18. The number of benzene rings is 1. The van der Waals surface area contributed by atoms with Crippen molar-refractivity contribution in [1.82, 2.24) is 20.0 Å². The molecular weight excluding hydrogens is 416 g/mol. The minimum absolute atomic E-state index is 0.0886. The lowest BCUT2D eigenvalue weighted by Gasteiger charge is -2.17. The van der Waals surface area contributed by atoms with Gasteiger partial charge in [0, 0.05) is 11.3 Å². The van der Waals surface area contributed by atoms with Gasteiger partial charge in [-0.15, -0.1) is 5.10 Å². The maximum Gasteiger partial charge on any atom is 0.131 e. The molecule has 3 rings (SSSR count). The van der Waals surface area contributed by atoms with E-state index in [2.05, 4.69) is 32.9 Å². The zero-order chi connectivity index (χ0) is 24.2. The Labute approximate surface area is 192 Å². The van der Waals surface area contributed by atoms with Gasteiger partial charge in [0.2, 0.25) is 0 Å². The van der Waals surface area contributed by atoms with Crippen molar-refractivity contribution in [3.8, 4) is 6.07 Å². The maximum absolute atomic E-state index is 10.2. The molecule has 0 unspecified atom stereocenters. The van der Waals surface area contributed by atoms with E-state index in [9.17, 15) is 10.4 Å². The molecule has 168 valence electrons. The first-order valence-electron chi connectivity index (χ1n) is 10.2. The van der Waals surface area contributed by atoms with Gasteiger partial charge >= 0.3 is 0 Å². The number of aliphatic imine (C=N–C) groups is 1. The van der Waals surface area contributed by atoms with Gasteiger partial charge in [-0.25, -0.2) is 9.67 Å². The van der Waals surface area contributed by atoms with E-state index in [1.807, 2.05) is 25.1 Å². The second-order valence-corrected chi connectivity index (χ2v) is 8.05. The molecule has 0 radical (unpaired) electrons. The summed E-state index contributed by atoms with van der Waals surface area (Å²) in [6.07, 6.45) is 3.32. The minimum atomic E-state index is -1.05. The van der Waals surface area contributed by atoms with Crippen LogP contribution < -0.4 is 11.5 Å². The SMILES string of the molecule is C=C(N)N=C(/C=C(\N)c1cccc(C#N)c1C)c1cn(Cc2cccc(C(C)(C)O)n2)nn1. The third kappa shape index (κ3) is 5.70. The van der Waals surface area contributed by atoms with Crippen LogP contribution in [-0.4, -0.2) is 30.8 Å². The molecule has 0 saturated heterocycles. The van der Waals surface area contributed by atoms with Gasteiger partial charge in [-0.3, -0.25) is 4.98 Å². The molecule has 0 saturated carbocycles. The molecular formula is C24H26N8O. The van der Waals surface area contributed by atoms with Crippen molar-refractivity contribution in [2.45, 2.75) is 32.9 Å². The molecule has 33 heavy (non-hydrogen) atoms. The number of hydrogen-bond acceptors (Lipinski definition) is 8. The number of nitriles is 1. The number of rotatable bonds is 7. The Bertz CT molecular complexity index is 1290. The lowest BCUT2D eigenvalue weighted by molar-refractivity contribution is 0.0736. The Morgan fingerprint density at radius 1 is 1.27 bits per heavy atom. The van der Waals surface area contributed by atoms with Crippen molar-refractivity contribution in [2.24, 2.45) is 16.5 Å². The van der Waals surface area contributed by atoms with E-state index in [4.69, 9.17) is 11.5 Å². The van der Waals surface area contributed by atoms with Crippen molar-refractivity contribution in [1.29, 1.82) is 5.26 Å². The fourth-order valence-electron chi connectivity index (χ4n) is 3.18. The van der Waals surface area contributed by atoms with E-state index < -0.39 is 5.60 Å². The van der Waals surface area contributed by atoms with Crippen LogP contribution >= 0.6 is 0 Å². The number of hydrogen-bond donors (Lipinski definition) is 3. The number of aromatic nitrogens is 4. The first-order valence-corrected chi connectivity index (χ1v) is 10.2. The predicted molar refractivity (Wildman–Crippen MR) is 127 cm³/mol. The highest BCUT2D eigenvalue weighted by Gasteiger charge is 2.18. The molecule has 0 aliphatic heterocycles. The zero-order valence-corrected chi connectivity index (χ0v) is 18.8. The average Bonchev–Trinajstić information content (AvgIpc) is 3.21. The molecule has 0 fully saturated rings. The first kappa shape index (κ1) is 23.4. The van der Waals surface area contributed by atoms with Crippen molar-refractivity contribution >= 4 is 11.4 Å². The van der Waals surface area contributed by atoms with E-state index in [-0.39, 0.29) is 5.82 Å². The lowest BCUT2D eigenvalue weighted by atomic mass is 10.00. The van der Waals surface area contributed by atoms with Crippen LogP contribution in [0.4, 0.5) is 0 Å². The van der Waals surface area contributed by atoms with E-state index in [0.717, 1.165) is 5.56 Å².